The number of amides is 3. The van der Waals surface area contributed by atoms with Crippen molar-refractivity contribution < 1.29 is 28.2 Å². The lowest BCUT2D eigenvalue weighted by atomic mass is 10.1. The molecular formula is C21H18FN3O5S. The molecule has 1 heterocycles. The van der Waals surface area contributed by atoms with Crippen LogP contribution in [0.15, 0.2) is 48.0 Å². The number of carbonyl (C=O) groups is 3. The van der Waals surface area contributed by atoms with Crippen molar-refractivity contribution in [3.63, 3.8) is 0 Å². The number of methoxy groups -OCH3 is 1. The number of thiocarbonyl (C=S) groups is 1. The average Bonchev–Trinajstić information content (AvgIpc) is 2.75. The maximum Gasteiger partial charge on any atom is 0.265 e. The Morgan fingerprint density at radius 3 is 2.58 bits per heavy atom. The fraction of sp³-hybridized carbons (Fsp3) is 0.143. The molecule has 0 aliphatic carbocycles. The van der Waals surface area contributed by atoms with E-state index in [9.17, 15) is 18.8 Å². The molecule has 0 saturated carbocycles. The van der Waals surface area contributed by atoms with Gasteiger partial charge in [-0.3, -0.25) is 24.6 Å². The lowest BCUT2D eigenvalue weighted by Gasteiger charge is -2.25. The van der Waals surface area contributed by atoms with Gasteiger partial charge >= 0.3 is 0 Å². The van der Waals surface area contributed by atoms with Crippen molar-refractivity contribution in [3.05, 3.63) is 59.4 Å². The van der Waals surface area contributed by atoms with E-state index in [1.807, 2.05) is 0 Å². The molecule has 0 aromatic heterocycles. The van der Waals surface area contributed by atoms with Crippen molar-refractivity contribution in [2.45, 2.75) is 0 Å². The van der Waals surface area contributed by atoms with Crippen LogP contribution in [0.2, 0.25) is 0 Å². The fourth-order valence-electron chi connectivity index (χ4n) is 2.68. The van der Waals surface area contributed by atoms with Crippen molar-refractivity contribution in [1.82, 2.24) is 10.2 Å². The summed E-state index contributed by atoms with van der Waals surface area (Å²) in [5.74, 6) is -1.37. The molecule has 1 aliphatic heterocycles. The van der Waals surface area contributed by atoms with Gasteiger partial charge in [-0.15, -0.1) is 0 Å². The summed E-state index contributed by atoms with van der Waals surface area (Å²) >= 11 is 4.91. The number of hydrogen-bond donors (Lipinski definition) is 2. The SMILES string of the molecule is COc1cc(C=C2C(=O)NC(=S)N(C)C2=O)ccc1OCC(=O)Nc1ccc(F)cc1. The van der Waals surface area contributed by atoms with Gasteiger partial charge in [0.15, 0.2) is 23.2 Å². The summed E-state index contributed by atoms with van der Waals surface area (Å²) in [6.45, 7) is -0.308. The summed E-state index contributed by atoms with van der Waals surface area (Å²) < 4.78 is 23.7. The van der Waals surface area contributed by atoms with Gasteiger partial charge in [-0.1, -0.05) is 6.07 Å². The third-order valence-corrected chi connectivity index (χ3v) is 4.67. The van der Waals surface area contributed by atoms with E-state index in [1.165, 1.54) is 44.5 Å². The number of rotatable bonds is 6. The molecule has 0 spiro atoms. The Balaban J connectivity index is 1.70. The van der Waals surface area contributed by atoms with Crippen molar-refractivity contribution in [3.8, 4) is 11.5 Å². The first-order valence-corrected chi connectivity index (χ1v) is 9.40. The molecule has 8 nitrogen and oxygen atoms in total. The second-order valence-corrected chi connectivity index (χ2v) is 6.82. The fourth-order valence-corrected chi connectivity index (χ4v) is 2.85. The molecule has 0 unspecified atom stereocenters. The quantitative estimate of drug-likeness (QED) is 0.403. The molecule has 10 heteroatoms. The predicted octanol–water partition coefficient (Wildman–Crippen LogP) is 2.11. The van der Waals surface area contributed by atoms with Crippen LogP contribution in [0.3, 0.4) is 0 Å². The Kier molecular flexibility index (Phi) is 6.61. The Bertz CT molecular complexity index is 1080. The van der Waals surface area contributed by atoms with Crippen molar-refractivity contribution in [2.24, 2.45) is 0 Å². The van der Waals surface area contributed by atoms with Crippen LogP contribution >= 0.6 is 12.2 Å². The highest BCUT2D eigenvalue weighted by molar-refractivity contribution is 7.80. The van der Waals surface area contributed by atoms with Crippen LogP contribution in [0, 0.1) is 5.82 Å². The maximum absolute atomic E-state index is 12.9. The summed E-state index contributed by atoms with van der Waals surface area (Å²) in [7, 11) is 2.88. The minimum absolute atomic E-state index is 0.0346. The molecule has 2 aromatic rings. The standard InChI is InChI=1S/C21H18FN3O5S/c1-25-20(28)15(19(27)24-21(25)31)9-12-3-8-16(17(10-12)29-2)30-11-18(26)23-14-6-4-13(22)5-7-14/h3-10H,11H2,1-2H3,(H,23,26)(H,24,27,31). The van der Waals surface area contributed by atoms with Gasteiger partial charge in [-0.25, -0.2) is 4.39 Å². The van der Waals surface area contributed by atoms with Crippen LogP contribution in [0.4, 0.5) is 10.1 Å². The topological polar surface area (TPSA) is 97.0 Å². The lowest BCUT2D eigenvalue weighted by molar-refractivity contribution is -0.128. The molecule has 1 saturated heterocycles. The van der Waals surface area contributed by atoms with E-state index in [4.69, 9.17) is 21.7 Å². The molecule has 1 fully saturated rings. The van der Waals surface area contributed by atoms with Gasteiger partial charge in [0.25, 0.3) is 17.7 Å². The van der Waals surface area contributed by atoms with Crippen molar-refractivity contribution >= 4 is 46.8 Å². The number of nitrogens with zero attached hydrogens (tertiary/aromatic N) is 1. The Morgan fingerprint density at radius 1 is 1.19 bits per heavy atom. The molecule has 31 heavy (non-hydrogen) atoms. The van der Waals surface area contributed by atoms with Gasteiger partial charge in [0.1, 0.15) is 11.4 Å². The maximum atomic E-state index is 12.9. The molecular weight excluding hydrogens is 425 g/mol. The number of likely N-dealkylation sites (N-methyl/N-ethyl adjacent to an activating group) is 1. The van der Waals surface area contributed by atoms with E-state index >= 15 is 0 Å². The number of nitrogens with one attached hydrogen (secondary N) is 2. The highest BCUT2D eigenvalue weighted by Gasteiger charge is 2.30. The smallest absolute Gasteiger partial charge is 0.265 e. The van der Waals surface area contributed by atoms with Crippen LogP contribution in [0.25, 0.3) is 6.08 Å². The van der Waals surface area contributed by atoms with Crippen molar-refractivity contribution in [2.75, 3.05) is 26.1 Å². The average molecular weight is 443 g/mol. The highest BCUT2D eigenvalue weighted by atomic mass is 32.1. The molecule has 0 atom stereocenters. The van der Waals surface area contributed by atoms with Gasteiger partial charge in [-0.2, -0.15) is 0 Å². The molecule has 3 rings (SSSR count). The Labute approximate surface area is 182 Å². The third kappa shape index (κ3) is 5.23. The Morgan fingerprint density at radius 2 is 1.90 bits per heavy atom. The van der Waals surface area contributed by atoms with E-state index in [0.29, 0.717) is 17.0 Å². The summed E-state index contributed by atoms with van der Waals surface area (Å²) in [6, 6.07) is 10.1. The molecule has 1 aliphatic rings. The van der Waals surface area contributed by atoms with Crippen molar-refractivity contribution in [1.29, 1.82) is 0 Å². The minimum atomic E-state index is -0.593. The second kappa shape index (κ2) is 9.35. The first-order valence-electron chi connectivity index (χ1n) is 9.00. The monoisotopic (exact) mass is 443 g/mol. The van der Waals surface area contributed by atoms with Crippen LogP contribution in [0.1, 0.15) is 5.56 Å². The summed E-state index contributed by atoms with van der Waals surface area (Å²) in [5, 5.41) is 5.05. The number of ether oxygens (including phenoxy) is 2. The lowest BCUT2D eigenvalue weighted by Crippen LogP contribution is -2.52. The molecule has 0 radical (unpaired) electrons. The number of carbonyl (C=O) groups excluding carboxylic acids is 3. The zero-order chi connectivity index (χ0) is 22.5. The molecule has 2 N–H and O–H groups in total. The zero-order valence-electron chi connectivity index (χ0n) is 16.6. The molecule has 0 bridgehead atoms. The van der Waals surface area contributed by atoms with Crippen LogP contribution in [0.5, 0.6) is 11.5 Å². The third-order valence-electron chi connectivity index (χ3n) is 4.29. The zero-order valence-corrected chi connectivity index (χ0v) is 17.4. The van der Waals surface area contributed by atoms with E-state index < -0.39 is 23.5 Å². The van der Waals surface area contributed by atoms with Gasteiger partial charge < -0.3 is 14.8 Å². The Hall–Kier alpha value is -3.79. The first kappa shape index (κ1) is 21.9. The van der Waals surface area contributed by atoms with E-state index in [1.54, 1.807) is 18.2 Å². The summed E-state index contributed by atoms with van der Waals surface area (Å²) in [4.78, 5) is 37.6. The largest absolute Gasteiger partial charge is 0.493 e. The summed E-state index contributed by atoms with van der Waals surface area (Å²) in [6.07, 6.45) is 1.41. The summed E-state index contributed by atoms with van der Waals surface area (Å²) in [5.41, 5.74) is 0.869. The molecule has 3 amide bonds. The number of benzene rings is 2. The highest BCUT2D eigenvalue weighted by Crippen LogP contribution is 2.29. The normalized spacial score (nSPS) is 15.0. The van der Waals surface area contributed by atoms with Crippen LogP contribution in [-0.2, 0) is 14.4 Å². The number of anilines is 1. The van der Waals surface area contributed by atoms with E-state index in [-0.39, 0.29) is 23.0 Å². The number of halogens is 1. The predicted molar refractivity (Wildman–Crippen MR) is 115 cm³/mol. The van der Waals surface area contributed by atoms with Crippen LogP contribution in [-0.4, -0.2) is 48.5 Å². The van der Waals surface area contributed by atoms with E-state index in [2.05, 4.69) is 10.6 Å². The minimum Gasteiger partial charge on any atom is -0.493 e. The first-order chi connectivity index (χ1) is 14.8. The second-order valence-electron chi connectivity index (χ2n) is 6.44. The molecule has 2 aromatic carbocycles. The number of hydrogen-bond acceptors (Lipinski definition) is 6. The van der Waals surface area contributed by atoms with Gasteiger partial charge in [0.2, 0.25) is 0 Å². The van der Waals surface area contributed by atoms with Gasteiger partial charge in [0.05, 0.1) is 7.11 Å². The van der Waals surface area contributed by atoms with E-state index in [0.717, 1.165) is 4.90 Å². The van der Waals surface area contributed by atoms with Gasteiger partial charge in [0, 0.05) is 12.7 Å². The van der Waals surface area contributed by atoms with Crippen LogP contribution < -0.4 is 20.1 Å². The van der Waals surface area contributed by atoms with Gasteiger partial charge in [-0.05, 0) is 60.3 Å². The molecule has 160 valence electrons.